The van der Waals surface area contributed by atoms with E-state index in [1.165, 1.54) is 12.1 Å². The minimum Gasteiger partial charge on any atom is -0.340 e. The van der Waals surface area contributed by atoms with Crippen molar-refractivity contribution >= 4 is 51.3 Å². The van der Waals surface area contributed by atoms with Gasteiger partial charge in [0.2, 0.25) is 5.91 Å². The van der Waals surface area contributed by atoms with E-state index >= 15 is 0 Å². The molecule has 3 N–H and O–H groups in total. The van der Waals surface area contributed by atoms with E-state index in [-0.39, 0.29) is 24.6 Å². The third-order valence-electron chi connectivity index (χ3n) is 4.99. The average molecular weight is 544 g/mol. The summed E-state index contributed by atoms with van der Waals surface area (Å²) in [6.07, 6.45) is -4.79. The van der Waals surface area contributed by atoms with Gasteiger partial charge in [0.1, 0.15) is 11.9 Å². The van der Waals surface area contributed by atoms with E-state index in [1.54, 1.807) is 17.4 Å². The smallest absolute Gasteiger partial charge is 0.340 e. The van der Waals surface area contributed by atoms with Gasteiger partial charge in [-0.15, -0.1) is 12.4 Å². The van der Waals surface area contributed by atoms with E-state index < -0.39 is 61.9 Å². The van der Waals surface area contributed by atoms with Crippen LogP contribution in [0, 0.1) is 5.82 Å². The van der Waals surface area contributed by atoms with E-state index in [0.29, 0.717) is 23.6 Å². The van der Waals surface area contributed by atoms with Gasteiger partial charge in [-0.1, -0.05) is 23.7 Å². The number of anilines is 1. The third-order valence-corrected chi connectivity index (χ3v) is 7.04. The molecule has 2 amide bonds. The molecule has 2 aromatic rings. The molecule has 1 aliphatic rings. The van der Waals surface area contributed by atoms with E-state index in [9.17, 15) is 35.6 Å². The van der Waals surface area contributed by atoms with E-state index in [0.717, 1.165) is 11.0 Å². The number of sulfone groups is 1. The zero-order valence-corrected chi connectivity index (χ0v) is 19.8. The van der Waals surface area contributed by atoms with Crippen LogP contribution in [0.3, 0.4) is 0 Å². The van der Waals surface area contributed by atoms with Gasteiger partial charge in [0, 0.05) is 5.02 Å². The second-order valence-corrected chi connectivity index (χ2v) is 9.91. The molecule has 0 fully saturated rings. The summed E-state index contributed by atoms with van der Waals surface area (Å²) in [5.41, 5.74) is 5.04. The van der Waals surface area contributed by atoms with Gasteiger partial charge in [0.25, 0.3) is 5.91 Å². The summed E-state index contributed by atoms with van der Waals surface area (Å²) in [5.74, 6) is -4.43. The van der Waals surface area contributed by atoms with Crippen LogP contribution in [-0.2, 0) is 21.2 Å². The second-order valence-electron chi connectivity index (χ2n) is 7.48. The number of alkyl halides is 3. The maximum atomic E-state index is 14.7. The number of nitrogens with two attached hydrogens (primary N) is 1. The van der Waals surface area contributed by atoms with Gasteiger partial charge < -0.3 is 16.0 Å². The van der Waals surface area contributed by atoms with Crippen LogP contribution in [0.2, 0.25) is 5.02 Å². The minimum atomic E-state index is -4.79. The van der Waals surface area contributed by atoms with Crippen molar-refractivity contribution < 1.29 is 35.6 Å². The Morgan fingerprint density at radius 3 is 2.41 bits per heavy atom. The quantitative estimate of drug-likeness (QED) is 0.575. The van der Waals surface area contributed by atoms with Crippen LogP contribution in [0.5, 0.6) is 0 Å². The standard InChI is InChI=1S/C20H18ClF4N3O4S.ClH/c1-10(20(23,24)25)27-18(29)13-6-16-17(7-14(13)22)33(31,32)9-15(26)19(30)28(16)8-11-2-4-12(21)5-3-11;/h2-7,10,15H,8-9,26H2,1H3,(H,27,29);1H/t10-,15-;/m0./s1. The Kier molecular flexibility index (Phi) is 8.24. The van der Waals surface area contributed by atoms with Crippen molar-refractivity contribution in [2.45, 2.75) is 36.6 Å². The van der Waals surface area contributed by atoms with Crippen LogP contribution in [0.4, 0.5) is 23.2 Å². The summed E-state index contributed by atoms with van der Waals surface area (Å²) < 4.78 is 78.6. The Morgan fingerprint density at radius 1 is 1.26 bits per heavy atom. The fourth-order valence-electron chi connectivity index (χ4n) is 3.19. The minimum absolute atomic E-state index is 0. The fourth-order valence-corrected chi connectivity index (χ4v) is 4.88. The lowest BCUT2D eigenvalue weighted by molar-refractivity contribution is -0.149. The molecule has 34 heavy (non-hydrogen) atoms. The highest BCUT2D eigenvalue weighted by atomic mass is 35.5. The summed E-state index contributed by atoms with van der Waals surface area (Å²) in [7, 11) is -4.26. The van der Waals surface area contributed by atoms with Gasteiger partial charge in [-0.2, -0.15) is 13.2 Å². The molecular weight excluding hydrogens is 525 g/mol. The van der Waals surface area contributed by atoms with E-state index in [2.05, 4.69) is 0 Å². The lowest BCUT2D eigenvalue weighted by atomic mass is 10.1. The molecule has 1 aliphatic heterocycles. The van der Waals surface area contributed by atoms with Crippen LogP contribution < -0.4 is 16.0 Å². The molecule has 186 valence electrons. The van der Waals surface area contributed by atoms with Crippen LogP contribution in [0.15, 0.2) is 41.3 Å². The second kappa shape index (κ2) is 10.1. The van der Waals surface area contributed by atoms with Gasteiger partial charge in [0.15, 0.2) is 9.84 Å². The Labute approximate surface area is 203 Å². The average Bonchev–Trinajstić information content (AvgIpc) is 2.77. The number of rotatable bonds is 4. The number of amides is 2. The van der Waals surface area contributed by atoms with Crippen molar-refractivity contribution in [3.63, 3.8) is 0 Å². The Bertz CT molecular complexity index is 1210. The molecular formula is C20H19Cl2F4N3O4S. The van der Waals surface area contributed by atoms with E-state index in [1.807, 2.05) is 0 Å². The van der Waals surface area contributed by atoms with Crippen LogP contribution in [0.25, 0.3) is 0 Å². The van der Waals surface area contributed by atoms with Crippen molar-refractivity contribution in [1.82, 2.24) is 5.32 Å². The van der Waals surface area contributed by atoms with Crippen molar-refractivity contribution in [3.05, 3.63) is 58.4 Å². The molecule has 3 rings (SSSR count). The first kappa shape index (κ1) is 27.8. The van der Waals surface area contributed by atoms with Crippen LogP contribution >= 0.6 is 24.0 Å². The highest BCUT2D eigenvalue weighted by Gasteiger charge is 2.39. The maximum absolute atomic E-state index is 14.7. The molecule has 7 nitrogen and oxygen atoms in total. The largest absolute Gasteiger partial charge is 0.408 e. The lowest BCUT2D eigenvalue weighted by Crippen LogP contribution is -2.45. The SMILES string of the molecule is C[C@H](NC(=O)c1cc2c(cc1F)S(=O)(=O)C[C@H](N)C(=O)N2Cc1ccc(Cl)cc1)C(F)(F)F.Cl. The normalized spacial score (nSPS) is 18.4. The zero-order valence-electron chi connectivity index (χ0n) is 17.4. The molecule has 14 heteroatoms. The number of nitrogens with zero attached hydrogens (tertiary/aromatic N) is 1. The molecule has 2 aromatic carbocycles. The summed E-state index contributed by atoms with van der Waals surface area (Å²) in [5, 5.41) is 2.02. The predicted octanol–water partition coefficient (Wildman–Crippen LogP) is 3.23. The molecule has 2 atom stereocenters. The van der Waals surface area contributed by atoms with E-state index in [4.69, 9.17) is 17.3 Å². The van der Waals surface area contributed by atoms with Crippen LogP contribution in [0.1, 0.15) is 22.8 Å². The Hall–Kier alpha value is -2.41. The molecule has 0 aliphatic carbocycles. The topological polar surface area (TPSA) is 110 Å². The van der Waals surface area contributed by atoms with Crippen molar-refractivity contribution in [2.75, 3.05) is 10.7 Å². The van der Waals surface area contributed by atoms with Gasteiger partial charge in [-0.3, -0.25) is 9.59 Å². The molecule has 0 bridgehead atoms. The third kappa shape index (κ3) is 5.80. The lowest BCUT2D eigenvalue weighted by Gasteiger charge is -2.25. The number of carbonyl (C=O) groups excluding carboxylic acids is 2. The molecule has 0 aromatic heterocycles. The summed E-state index contributed by atoms with van der Waals surface area (Å²) in [6.45, 7) is 0.455. The maximum Gasteiger partial charge on any atom is 0.408 e. The molecule has 0 saturated carbocycles. The zero-order chi connectivity index (χ0) is 24.7. The number of hydrogen-bond acceptors (Lipinski definition) is 5. The summed E-state index contributed by atoms with van der Waals surface area (Å²) >= 11 is 5.85. The summed E-state index contributed by atoms with van der Waals surface area (Å²) in [4.78, 5) is 25.6. The molecule has 0 spiro atoms. The number of carbonyl (C=O) groups is 2. The molecule has 1 heterocycles. The Morgan fingerprint density at radius 2 is 1.85 bits per heavy atom. The first-order valence-electron chi connectivity index (χ1n) is 9.46. The number of hydrogen-bond donors (Lipinski definition) is 2. The first-order valence-corrected chi connectivity index (χ1v) is 11.5. The first-order chi connectivity index (χ1) is 15.2. The number of benzene rings is 2. The van der Waals surface area contributed by atoms with Gasteiger partial charge >= 0.3 is 6.18 Å². The van der Waals surface area contributed by atoms with Crippen molar-refractivity contribution in [2.24, 2.45) is 5.73 Å². The molecule has 0 saturated heterocycles. The predicted molar refractivity (Wildman–Crippen MR) is 119 cm³/mol. The fraction of sp³-hybridized carbons (Fsp3) is 0.300. The number of halogens is 6. The highest BCUT2D eigenvalue weighted by molar-refractivity contribution is 7.91. The highest BCUT2D eigenvalue weighted by Crippen LogP contribution is 2.34. The van der Waals surface area contributed by atoms with Gasteiger partial charge in [-0.05, 0) is 36.8 Å². The Balaban J connectivity index is 0.00000408. The van der Waals surface area contributed by atoms with Gasteiger partial charge in [-0.25, -0.2) is 12.8 Å². The molecule has 0 radical (unpaired) electrons. The molecule has 0 unspecified atom stereocenters. The summed E-state index contributed by atoms with van der Waals surface area (Å²) in [6, 6.07) is 3.64. The number of fused-ring (bicyclic) bond motifs is 1. The van der Waals surface area contributed by atoms with Gasteiger partial charge in [0.05, 0.1) is 34.5 Å². The monoisotopic (exact) mass is 543 g/mol. The van der Waals surface area contributed by atoms with Crippen molar-refractivity contribution in [1.29, 1.82) is 0 Å². The van der Waals surface area contributed by atoms with Crippen molar-refractivity contribution in [3.8, 4) is 0 Å². The van der Waals surface area contributed by atoms with Crippen LogP contribution in [-0.4, -0.2) is 44.2 Å². The number of nitrogens with one attached hydrogen (secondary N) is 1.